The molecule has 3 rings (SSSR count). The van der Waals surface area contributed by atoms with Crippen molar-refractivity contribution in [3.8, 4) is 5.88 Å². The first-order valence-corrected chi connectivity index (χ1v) is 10.1. The SMILES string of the molecule is COCCOCc1ccc(CC2CCN(C(=O)c3ccc(OC)nc3)CC2)cc1. The van der Waals surface area contributed by atoms with Crippen molar-refractivity contribution in [3.05, 3.63) is 59.3 Å². The van der Waals surface area contributed by atoms with Gasteiger partial charge in [0.15, 0.2) is 0 Å². The number of hydrogen-bond donors (Lipinski definition) is 0. The molecular weight excluding hydrogens is 368 g/mol. The van der Waals surface area contributed by atoms with Crippen LogP contribution in [0.4, 0.5) is 0 Å². The Balaban J connectivity index is 1.43. The number of benzene rings is 1. The number of piperidine rings is 1. The van der Waals surface area contributed by atoms with Crippen LogP contribution in [0, 0.1) is 5.92 Å². The van der Waals surface area contributed by atoms with E-state index in [-0.39, 0.29) is 5.91 Å². The van der Waals surface area contributed by atoms with Gasteiger partial charge in [-0.2, -0.15) is 0 Å². The van der Waals surface area contributed by atoms with Gasteiger partial charge in [-0.15, -0.1) is 0 Å². The molecule has 1 aromatic carbocycles. The molecule has 1 aromatic heterocycles. The lowest BCUT2D eigenvalue weighted by Crippen LogP contribution is -2.38. The maximum atomic E-state index is 12.7. The highest BCUT2D eigenvalue weighted by atomic mass is 16.5. The summed E-state index contributed by atoms with van der Waals surface area (Å²) in [6.07, 6.45) is 4.69. The number of rotatable bonds is 9. The summed E-state index contributed by atoms with van der Waals surface area (Å²) in [5, 5.41) is 0. The summed E-state index contributed by atoms with van der Waals surface area (Å²) in [6.45, 7) is 3.43. The second-order valence-corrected chi connectivity index (χ2v) is 7.39. The maximum absolute atomic E-state index is 12.7. The van der Waals surface area contributed by atoms with Crippen LogP contribution in [0.2, 0.25) is 0 Å². The van der Waals surface area contributed by atoms with Crippen LogP contribution in [0.15, 0.2) is 42.6 Å². The van der Waals surface area contributed by atoms with E-state index in [2.05, 4.69) is 29.2 Å². The van der Waals surface area contributed by atoms with Crippen LogP contribution in [0.1, 0.15) is 34.3 Å². The van der Waals surface area contributed by atoms with E-state index in [0.29, 0.717) is 37.2 Å². The molecule has 2 heterocycles. The number of carbonyl (C=O) groups is 1. The van der Waals surface area contributed by atoms with Gasteiger partial charge in [0.1, 0.15) is 0 Å². The molecule has 1 fully saturated rings. The Morgan fingerprint density at radius 2 is 1.76 bits per heavy atom. The number of nitrogens with zero attached hydrogens (tertiary/aromatic N) is 2. The van der Waals surface area contributed by atoms with Gasteiger partial charge in [0.05, 0.1) is 32.5 Å². The summed E-state index contributed by atoms with van der Waals surface area (Å²) in [7, 11) is 3.24. The van der Waals surface area contributed by atoms with Gasteiger partial charge < -0.3 is 19.1 Å². The predicted molar refractivity (Wildman–Crippen MR) is 111 cm³/mol. The summed E-state index contributed by atoms with van der Waals surface area (Å²) in [5.74, 6) is 1.18. The Morgan fingerprint density at radius 3 is 2.38 bits per heavy atom. The molecule has 0 unspecified atom stereocenters. The molecule has 0 saturated carbocycles. The van der Waals surface area contributed by atoms with Gasteiger partial charge in [0.25, 0.3) is 5.91 Å². The molecule has 1 aliphatic rings. The van der Waals surface area contributed by atoms with Crippen molar-refractivity contribution in [1.29, 1.82) is 0 Å². The van der Waals surface area contributed by atoms with Crippen molar-refractivity contribution in [2.45, 2.75) is 25.9 Å². The molecule has 29 heavy (non-hydrogen) atoms. The third-order valence-electron chi connectivity index (χ3n) is 5.34. The molecule has 1 amide bonds. The van der Waals surface area contributed by atoms with Gasteiger partial charge in [-0.3, -0.25) is 4.79 Å². The first-order chi connectivity index (χ1) is 14.2. The minimum atomic E-state index is 0.0522. The van der Waals surface area contributed by atoms with Crippen LogP contribution in [-0.2, 0) is 22.5 Å². The fraction of sp³-hybridized carbons (Fsp3) is 0.478. The Labute approximate surface area is 172 Å². The van der Waals surface area contributed by atoms with E-state index in [1.165, 1.54) is 11.1 Å². The van der Waals surface area contributed by atoms with Gasteiger partial charge >= 0.3 is 0 Å². The highest BCUT2D eigenvalue weighted by Gasteiger charge is 2.24. The van der Waals surface area contributed by atoms with Crippen LogP contribution in [0.3, 0.4) is 0 Å². The zero-order valence-corrected chi connectivity index (χ0v) is 17.3. The first kappa shape index (κ1) is 21.3. The number of methoxy groups -OCH3 is 2. The van der Waals surface area contributed by atoms with E-state index in [1.807, 2.05) is 4.90 Å². The van der Waals surface area contributed by atoms with Crippen molar-refractivity contribution < 1.29 is 19.0 Å². The van der Waals surface area contributed by atoms with Crippen LogP contribution in [0.5, 0.6) is 5.88 Å². The zero-order valence-electron chi connectivity index (χ0n) is 17.3. The molecule has 0 spiro atoms. The minimum absolute atomic E-state index is 0.0522. The number of pyridine rings is 1. The van der Waals surface area contributed by atoms with Crippen molar-refractivity contribution in [3.63, 3.8) is 0 Å². The zero-order chi connectivity index (χ0) is 20.5. The summed E-state index contributed by atoms with van der Waals surface area (Å²) in [6, 6.07) is 12.2. The topological polar surface area (TPSA) is 60.9 Å². The van der Waals surface area contributed by atoms with Gasteiger partial charge in [-0.05, 0) is 42.4 Å². The van der Waals surface area contributed by atoms with E-state index in [4.69, 9.17) is 14.2 Å². The Kier molecular flexibility index (Phi) is 8.02. The highest BCUT2D eigenvalue weighted by Crippen LogP contribution is 2.23. The van der Waals surface area contributed by atoms with Crippen molar-refractivity contribution >= 4 is 5.91 Å². The molecular formula is C23H30N2O4. The molecule has 0 aliphatic carbocycles. The van der Waals surface area contributed by atoms with Crippen molar-refractivity contribution in [2.75, 3.05) is 40.5 Å². The Hall–Kier alpha value is -2.44. The smallest absolute Gasteiger partial charge is 0.255 e. The fourth-order valence-corrected chi connectivity index (χ4v) is 3.59. The number of hydrogen-bond acceptors (Lipinski definition) is 5. The summed E-state index contributed by atoms with van der Waals surface area (Å²) in [5.41, 5.74) is 3.14. The summed E-state index contributed by atoms with van der Waals surface area (Å²) < 4.78 is 15.6. The summed E-state index contributed by atoms with van der Waals surface area (Å²) >= 11 is 0. The van der Waals surface area contributed by atoms with E-state index in [9.17, 15) is 4.79 Å². The third kappa shape index (κ3) is 6.27. The van der Waals surface area contributed by atoms with Gasteiger partial charge in [-0.1, -0.05) is 24.3 Å². The standard InChI is InChI=1S/C23H30N2O4/c1-27-13-14-29-17-20-5-3-18(4-6-20)15-19-9-11-25(12-10-19)23(26)21-7-8-22(28-2)24-16-21/h3-8,16,19H,9-15,17H2,1-2H3. The Morgan fingerprint density at radius 1 is 1.03 bits per heavy atom. The predicted octanol–water partition coefficient (Wildman–Crippen LogP) is 3.35. The van der Waals surface area contributed by atoms with Gasteiger partial charge in [0, 0.05) is 32.5 Å². The number of amides is 1. The van der Waals surface area contributed by atoms with Crippen LogP contribution in [0.25, 0.3) is 0 Å². The molecule has 1 aliphatic heterocycles. The summed E-state index contributed by atoms with van der Waals surface area (Å²) in [4.78, 5) is 18.7. The second-order valence-electron chi connectivity index (χ2n) is 7.39. The van der Waals surface area contributed by atoms with E-state index < -0.39 is 0 Å². The third-order valence-corrected chi connectivity index (χ3v) is 5.34. The lowest BCUT2D eigenvalue weighted by atomic mass is 9.89. The minimum Gasteiger partial charge on any atom is -0.481 e. The quantitative estimate of drug-likeness (QED) is 0.606. The molecule has 156 valence electrons. The number of ether oxygens (including phenoxy) is 3. The monoisotopic (exact) mass is 398 g/mol. The molecule has 1 saturated heterocycles. The largest absolute Gasteiger partial charge is 0.481 e. The number of likely N-dealkylation sites (tertiary alicyclic amines) is 1. The second kappa shape index (κ2) is 10.9. The number of aromatic nitrogens is 1. The van der Waals surface area contributed by atoms with E-state index in [1.54, 1.807) is 32.5 Å². The average Bonchev–Trinajstić information content (AvgIpc) is 2.78. The van der Waals surface area contributed by atoms with Crippen LogP contribution < -0.4 is 4.74 Å². The van der Waals surface area contributed by atoms with Gasteiger partial charge in [0.2, 0.25) is 5.88 Å². The van der Waals surface area contributed by atoms with Gasteiger partial charge in [-0.25, -0.2) is 4.98 Å². The maximum Gasteiger partial charge on any atom is 0.255 e. The molecule has 6 heteroatoms. The average molecular weight is 399 g/mol. The molecule has 0 radical (unpaired) electrons. The number of carbonyl (C=O) groups excluding carboxylic acids is 1. The normalized spacial score (nSPS) is 14.8. The molecule has 0 N–H and O–H groups in total. The molecule has 6 nitrogen and oxygen atoms in total. The van der Waals surface area contributed by atoms with Crippen LogP contribution >= 0.6 is 0 Å². The first-order valence-electron chi connectivity index (χ1n) is 10.1. The molecule has 0 atom stereocenters. The Bertz CT molecular complexity index is 753. The van der Waals surface area contributed by atoms with E-state index in [0.717, 1.165) is 32.4 Å². The van der Waals surface area contributed by atoms with Crippen molar-refractivity contribution in [1.82, 2.24) is 9.88 Å². The lowest BCUT2D eigenvalue weighted by Gasteiger charge is -2.32. The molecule has 2 aromatic rings. The molecule has 0 bridgehead atoms. The van der Waals surface area contributed by atoms with Crippen molar-refractivity contribution in [2.24, 2.45) is 5.92 Å². The lowest BCUT2D eigenvalue weighted by molar-refractivity contribution is 0.0616. The van der Waals surface area contributed by atoms with E-state index >= 15 is 0 Å². The van der Waals surface area contributed by atoms with Crippen LogP contribution in [-0.4, -0.2) is 56.3 Å². The fourth-order valence-electron chi connectivity index (χ4n) is 3.59. The highest BCUT2D eigenvalue weighted by molar-refractivity contribution is 5.94.